The molecule has 0 unspecified atom stereocenters. The molecule has 368 valence electrons. The monoisotopic (exact) mass is 3610 g/mol. The van der Waals surface area contributed by atoms with Crippen LogP contribution in [0.3, 0.4) is 0 Å². The quantitative estimate of drug-likeness (QED) is 0.0788. The summed E-state index contributed by atoms with van der Waals surface area (Å²) in [6, 6.07) is 26.8. The zero-order valence-electron chi connectivity index (χ0n) is 31.7. The van der Waals surface area contributed by atoms with Crippen LogP contribution in [-0.4, -0.2) is 11.1 Å². The van der Waals surface area contributed by atoms with Crippen LogP contribution in [-0.2, 0) is -4.52 Å². The van der Waals surface area contributed by atoms with Gasteiger partial charge in [0.25, 0.3) is 0 Å². The minimum Gasteiger partial charge on any atom is -0.478 e. The summed E-state index contributed by atoms with van der Waals surface area (Å²) in [5.41, 5.74) is 9.26. The van der Waals surface area contributed by atoms with Crippen molar-refractivity contribution in [3.8, 4) is 45.6 Å². The van der Waals surface area contributed by atoms with E-state index in [1.54, 1.807) is 6.07 Å². The van der Waals surface area contributed by atoms with Crippen LogP contribution >= 0.6 is 542 Å². The molecule has 0 heterocycles. The van der Waals surface area contributed by atoms with Crippen LogP contribution in [0.1, 0.15) is 54.9 Å². The predicted molar refractivity (Wildman–Crippen MR) is 488 cm³/mol. The first kappa shape index (κ1) is 71.2. The summed E-state index contributed by atoms with van der Waals surface area (Å²) >= 11 is 58.4. The fraction of sp³-hybridized carbons (Fsp3) is 0.205. The van der Waals surface area contributed by atoms with Gasteiger partial charge in [0.05, 0.1) is 5.56 Å². The van der Waals surface area contributed by atoms with E-state index in [-0.39, 0.29) is 18.3 Å². The molecule has 0 atom stereocenters. The van der Waals surface area contributed by atoms with E-state index in [0.29, 0.717) is 28.4 Å². The first-order valence-electron chi connectivity index (χ1n) is 17.2. The average Bonchev–Trinajstić information content (AvgIpc) is 3.15. The number of rotatable bonds is 16. The van der Waals surface area contributed by atoms with Crippen LogP contribution in [0, 0.1) is 0 Å². The lowest BCUT2D eigenvalue weighted by atomic mass is 9.94. The standard InChI is InChI=1S/C39H14I24O5/c40-32(41,42)15-1-14(2-16(3-15)33(43,44)45)28-26(31(64)65)13-27(66-23-7-17(34(46,47)48)4-18(8-23)35(49,50)51)29(67-24-9-19(36(52,53)54)5-20(10-24)37(55,56)57)30(28)68-25-11-21(38(58,59)60)6-22(12-25)39(61,62)63/h1-13H,(H,64,65). The molecule has 68 heavy (non-hydrogen) atoms. The first-order chi connectivity index (χ1) is 30.5. The van der Waals surface area contributed by atoms with Gasteiger partial charge >= 0.3 is 5.97 Å². The van der Waals surface area contributed by atoms with E-state index in [1.807, 2.05) is 36.4 Å². The van der Waals surface area contributed by atoms with Crippen LogP contribution in [0.5, 0.6) is 34.5 Å². The summed E-state index contributed by atoms with van der Waals surface area (Å²) in [6.07, 6.45) is 0. The maximum Gasteiger partial charge on any atom is 0.336 e. The van der Waals surface area contributed by atoms with Gasteiger partial charge in [-0.05, 0) is 665 Å². The molecule has 0 aliphatic heterocycles. The Kier molecular flexibility index (Phi) is 30.1. The SMILES string of the molecule is O=C(O)c1cc(Oc2cc(C(I)(I)I)cc(C(I)(I)I)c2)c(Oc2cc(C(I)(I)I)cc(C(I)(I)I)c2)c(Oc2cc(C(I)(I)I)cc(C(I)(I)I)c2)c1-c1cc(C(I)(I)I)cc(C(I)(I)I)c1. The molecule has 29 heteroatoms. The highest BCUT2D eigenvalue weighted by Crippen LogP contribution is 2.60. The van der Waals surface area contributed by atoms with Crippen molar-refractivity contribution in [1.82, 2.24) is 0 Å². The number of ether oxygens (including phenoxy) is 3. The van der Waals surface area contributed by atoms with Crippen LogP contribution < -0.4 is 14.2 Å². The number of aromatic carboxylic acids is 1. The Morgan fingerprint density at radius 1 is 0.324 bits per heavy atom. The van der Waals surface area contributed by atoms with Crippen LogP contribution in [0.25, 0.3) is 11.1 Å². The zero-order valence-corrected chi connectivity index (χ0v) is 83.4. The summed E-state index contributed by atoms with van der Waals surface area (Å²) in [6.45, 7) is 0. The fourth-order valence-electron chi connectivity index (χ4n) is 5.76. The van der Waals surface area contributed by atoms with Crippen LogP contribution in [0.4, 0.5) is 0 Å². The summed E-state index contributed by atoms with van der Waals surface area (Å²) in [5.74, 6) is 1.10. The van der Waals surface area contributed by atoms with Crippen molar-refractivity contribution in [1.29, 1.82) is 0 Å². The molecule has 5 aromatic carbocycles. The lowest BCUT2D eigenvalue weighted by Crippen LogP contribution is -2.09. The molecule has 1 N–H and O–H groups in total. The molecule has 0 aromatic heterocycles. The Bertz CT molecular complexity index is 2600. The molecule has 0 aliphatic rings. The summed E-state index contributed by atoms with van der Waals surface area (Å²) < 4.78 is 19.2. The Morgan fingerprint density at radius 2 is 0.559 bits per heavy atom. The predicted octanol–water partition coefficient (Wildman–Crippen LogP) is 27.8. The van der Waals surface area contributed by atoms with Crippen LogP contribution in [0.15, 0.2) is 78.9 Å². The zero-order chi connectivity index (χ0) is 51.7. The van der Waals surface area contributed by atoms with Crippen molar-refractivity contribution in [3.63, 3.8) is 0 Å². The second-order valence-corrected chi connectivity index (χ2v) is 102. The third-order valence-electron chi connectivity index (χ3n) is 8.66. The van der Waals surface area contributed by atoms with E-state index in [9.17, 15) is 9.90 Å². The van der Waals surface area contributed by atoms with E-state index in [0.717, 1.165) is 44.5 Å². The molecule has 0 aliphatic carbocycles. The molecule has 0 bridgehead atoms. The summed E-state index contributed by atoms with van der Waals surface area (Å²) in [7, 11) is 0. The summed E-state index contributed by atoms with van der Waals surface area (Å²) in [4.78, 5) is 14.1. The highest BCUT2D eigenvalue weighted by molar-refractivity contribution is 14.3. The third-order valence-corrected chi connectivity index (χ3v) is 23.6. The van der Waals surface area contributed by atoms with Gasteiger partial charge < -0.3 is 19.3 Å². The van der Waals surface area contributed by atoms with Gasteiger partial charge in [0.1, 0.15) is 12.7 Å². The van der Waals surface area contributed by atoms with Crippen molar-refractivity contribution >= 4 is 548 Å². The highest BCUT2D eigenvalue weighted by atomic mass is 127. The number of hydrogen-bond acceptors (Lipinski definition) is 4. The van der Waals surface area contributed by atoms with Gasteiger partial charge in [-0.3, -0.25) is 0 Å². The lowest BCUT2D eigenvalue weighted by Gasteiger charge is -2.26. The van der Waals surface area contributed by atoms with Gasteiger partial charge in [-0.2, -0.15) is 0 Å². The highest BCUT2D eigenvalue weighted by Gasteiger charge is 2.36. The first-order valence-corrected chi connectivity index (χ1v) is 43.1. The third kappa shape index (κ3) is 21.4. The molecular weight excluding hydrogens is 3590 g/mol. The number of halogens is 24. The number of alkyl halides is 24. The number of benzene rings is 5. The van der Waals surface area contributed by atoms with Gasteiger partial charge in [0.2, 0.25) is 5.75 Å². The molecule has 0 spiro atoms. The molecule has 0 amide bonds. The molecule has 0 radical (unpaired) electrons. The van der Waals surface area contributed by atoms with Crippen molar-refractivity contribution in [3.05, 3.63) is 129 Å². The summed E-state index contributed by atoms with van der Waals surface area (Å²) in [5, 5.41) is 11.5. The Morgan fingerprint density at radius 3 is 0.809 bits per heavy atom. The fourth-order valence-corrected chi connectivity index (χ4v) is 13.2. The normalized spacial score (nSPS) is 13.4. The average molecular weight is 3610 g/mol. The lowest BCUT2D eigenvalue weighted by molar-refractivity contribution is 0.0697. The van der Waals surface area contributed by atoms with Gasteiger partial charge in [-0.25, -0.2) is 4.79 Å². The van der Waals surface area contributed by atoms with Crippen molar-refractivity contribution < 1.29 is 24.1 Å². The topological polar surface area (TPSA) is 65.0 Å². The smallest absolute Gasteiger partial charge is 0.336 e. The minimum absolute atomic E-state index is 0.000266. The van der Waals surface area contributed by atoms with Gasteiger partial charge in [-0.15, -0.1) is 0 Å². The van der Waals surface area contributed by atoms with E-state index in [4.69, 9.17) is 14.2 Å². The second kappa shape index (κ2) is 28.8. The van der Waals surface area contributed by atoms with Gasteiger partial charge in [-0.1, -0.05) is 0 Å². The van der Waals surface area contributed by atoms with E-state index in [1.165, 1.54) is 0 Å². The molecule has 0 fully saturated rings. The second-order valence-electron chi connectivity index (χ2n) is 13.6. The van der Waals surface area contributed by atoms with Crippen molar-refractivity contribution in [2.75, 3.05) is 0 Å². The number of carbonyl (C=O) groups is 1. The van der Waals surface area contributed by atoms with E-state index >= 15 is 0 Å². The molecular formula is C39H14I24O5. The van der Waals surface area contributed by atoms with Crippen LogP contribution in [0.2, 0.25) is 0 Å². The number of carboxylic acids is 1. The van der Waals surface area contributed by atoms with E-state index in [2.05, 4.69) is 579 Å². The van der Waals surface area contributed by atoms with E-state index < -0.39 is 5.97 Å². The molecule has 5 aromatic rings. The Balaban J connectivity index is 2.09. The van der Waals surface area contributed by atoms with Crippen molar-refractivity contribution in [2.24, 2.45) is 0 Å². The Hall–Kier alpha value is 12.5. The Labute approximate surface area is 722 Å². The molecule has 0 saturated carbocycles. The van der Waals surface area contributed by atoms with Crippen molar-refractivity contribution in [2.45, 2.75) is -4.52 Å². The van der Waals surface area contributed by atoms with Gasteiger partial charge in [0.15, 0.2) is 11.5 Å². The maximum absolute atomic E-state index is 14.1. The largest absolute Gasteiger partial charge is 0.478 e. The number of hydrogen-bond donors (Lipinski definition) is 1. The molecule has 5 nitrogen and oxygen atoms in total. The molecule has 5 rings (SSSR count). The van der Waals surface area contributed by atoms with Gasteiger partial charge in [0, 0.05) is 11.6 Å². The maximum atomic E-state index is 14.1. The minimum atomic E-state index is -1.14. The molecule has 0 saturated heterocycles. The number of carboxylic acid groups (broad SMARTS) is 1.